The summed E-state index contributed by atoms with van der Waals surface area (Å²) in [6, 6.07) is 20.3. The minimum Gasteiger partial charge on any atom is -0.378 e. The van der Waals surface area contributed by atoms with E-state index in [4.69, 9.17) is 0 Å². The Balaban J connectivity index is 1.28. The molecule has 1 aromatic heterocycles. The molecule has 2 heterocycles. The highest BCUT2D eigenvalue weighted by Crippen LogP contribution is 2.19. The van der Waals surface area contributed by atoms with Gasteiger partial charge in [0.05, 0.1) is 11.9 Å². The van der Waals surface area contributed by atoms with Crippen LogP contribution in [-0.2, 0) is 6.54 Å². The predicted octanol–water partition coefficient (Wildman–Crippen LogP) is 4.03. The molecule has 0 saturated carbocycles. The zero-order valence-corrected chi connectivity index (χ0v) is 19.1. The monoisotopic (exact) mass is 429 g/mol. The molecule has 6 heteroatoms. The molecular weight excluding hydrogens is 398 g/mol. The van der Waals surface area contributed by atoms with E-state index in [0.29, 0.717) is 11.3 Å². The van der Waals surface area contributed by atoms with E-state index in [1.807, 2.05) is 43.3 Å². The Bertz CT molecular complexity index is 1040. The van der Waals surface area contributed by atoms with Gasteiger partial charge in [-0.1, -0.05) is 29.8 Å². The van der Waals surface area contributed by atoms with Gasteiger partial charge in [0.1, 0.15) is 5.82 Å². The minimum absolute atomic E-state index is 0.115. The third-order valence-electron chi connectivity index (χ3n) is 5.84. The van der Waals surface area contributed by atoms with E-state index in [9.17, 15) is 4.79 Å². The molecule has 0 atom stereocenters. The van der Waals surface area contributed by atoms with E-state index in [-0.39, 0.29) is 5.91 Å². The van der Waals surface area contributed by atoms with Crippen molar-refractivity contribution in [3.05, 3.63) is 83.6 Å². The summed E-state index contributed by atoms with van der Waals surface area (Å²) < 4.78 is 0. The number of hydrogen-bond acceptors (Lipinski definition) is 5. The number of hydrogen-bond donors (Lipinski definition) is 1. The van der Waals surface area contributed by atoms with Crippen LogP contribution in [0.15, 0.2) is 66.9 Å². The summed E-state index contributed by atoms with van der Waals surface area (Å²) in [5, 5.41) is 2.93. The standard InChI is InChI=1S/C26H31N5O/c1-20-5-4-6-22(17-20)26(32)28-23-9-12-25(27-18-23)31-15-13-30(14-16-31)19-21-7-10-24(11-8-21)29(2)3/h4-12,17-18H,13-16,19H2,1-3H3,(H,28,32). The van der Waals surface area contributed by atoms with Gasteiger partial charge in [-0.3, -0.25) is 9.69 Å². The molecule has 0 bridgehead atoms. The van der Waals surface area contributed by atoms with Crippen LogP contribution in [0.5, 0.6) is 0 Å². The Morgan fingerprint density at radius 2 is 1.75 bits per heavy atom. The van der Waals surface area contributed by atoms with Crippen LogP contribution < -0.4 is 15.1 Å². The Morgan fingerprint density at radius 1 is 1.00 bits per heavy atom. The number of amides is 1. The van der Waals surface area contributed by atoms with Gasteiger partial charge >= 0.3 is 0 Å². The van der Waals surface area contributed by atoms with Crippen LogP contribution in [0.3, 0.4) is 0 Å². The third kappa shape index (κ3) is 5.45. The van der Waals surface area contributed by atoms with Gasteiger partial charge in [-0.05, 0) is 48.9 Å². The molecule has 6 nitrogen and oxygen atoms in total. The second-order valence-electron chi connectivity index (χ2n) is 8.55. The molecular formula is C26H31N5O. The van der Waals surface area contributed by atoms with Crippen molar-refractivity contribution in [1.82, 2.24) is 9.88 Å². The molecule has 1 aliphatic rings. The van der Waals surface area contributed by atoms with Crippen molar-refractivity contribution in [2.24, 2.45) is 0 Å². The van der Waals surface area contributed by atoms with Crippen molar-refractivity contribution in [1.29, 1.82) is 0 Å². The summed E-state index contributed by atoms with van der Waals surface area (Å²) in [4.78, 5) is 23.9. The Hall–Kier alpha value is -3.38. The minimum atomic E-state index is -0.115. The number of nitrogens with one attached hydrogen (secondary N) is 1. The predicted molar refractivity (Wildman–Crippen MR) is 132 cm³/mol. The SMILES string of the molecule is Cc1cccc(C(=O)Nc2ccc(N3CCN(Cc4ccc(N(C)C)cc4)CC3)nc2)c1. The van der Waals surface area contributed by atoms with Crippen LogP contribution in [-0.4, -0.2) is 56.1 Å². The number of carbonyl (C=O) groups is 1. The lowest BCUT2D eigenvalue weighted by atomic mass is 10.1. The fourth-order valence-electron chi connectivity index (χ4n) is 3.93. The average molecular weight is 430 g/mol. The van der Waals surface area contributed by atoms with Crippen LogP contribution in [0.1, 0.15) is 21.5 Å². The smallest absolute Gasteiger partial charge is 0.255 e. The number of pyridine rings is 1. The molecule has 0 spiro atoms. The first kappa shape index (κ1) is 21.8. The number of carbonyl (C=O) groups excluding carboxylic acids is 1. The van der Waals surface area contributed by atoms with Gasteiger partial charge in [0, 0.05) is 58.1 Å². The van der Waals surface area contributed by atoms with Crippen LogP contribution in [0.2, 0.25) is 0 Å². The highest BCUT2D eigenvalue weighted by molar-refractivity contribution is 6.04. The summed E-state index contributed by atoms with van der Waals surface area (Å²) in [7, 11) is 4.12. The first-order valence-corrected chi connectivity index (χ1v) is 11.1. The van der Waals surface area contributed by atoms with E-state index in [2.05, 4.69) is 63.4 Å². The maximum absolute atomic E-state index is 12.4. The topological polar surface area (TPSA) is 51.7 Å². The van der Waals surface area contributed by atoms with Gasteiger partial charge < -0.3 is 15.1 Å². The van der Waals surface area contributed by atoms with E-state index in [0.717, 1.165) is 44.1 Å². The van der Waals surface area contributed by atoms with Crippen molar-refractivity contribution < 1.29 is 4.79 Å². The lowest BCUT2D eigenvalue weighted by Crippen LogP contribution is -2.46. The Kier molecular flexibility index (Phi) is 6.71. The highest BCUT2D eigenvalue weighted by Gasteiger charge is 2.18. The van der Waals surface area contributed by atoms with Gasteiger partial charge in [0.15, 0.2) is 0 Å². The molecule has 1 aliphatic heterocycles. The number of nitrogens with zero attached hydrogens (tertiary/aromatic N) is 4. The second kappa shape index (κ2) is 9.83. The lowest BCUT2D eigenvalue weighted by Gasteiger charge is -2.35. The van der Waals surface area contributed by atoms with Gasteiger partial charge in [0.2, 0.25) is 0 Å². The normalized spacial score (nSPS) is 14.3. The first-order chi connectivity index (χ1) is 15.5. The third-order valence-corrected chi connectivity index (χ3v) is 5.84. The zero-order valence-electron chi connectivity index (χ0n) is 19.1. The Morgan fingerprint density at radius 3 is 2.38 bits per heavy atom. The molecule has 0 aliphatic carbocycles. The fraction of sp³-hybridized carbons (Fsp3) is 0.308. The molecule has 3 aromatic rings. The summed E-state index contributed by atoms with van der Waals surface area (Å²) >= 11 is 0. The molecule has 0 radical (unpaired) electrons. The molecule has 4 rings (SSSR count). The van der Waals surface area contributed by atoms with Gasteiger partial charge in [-0.25, -0.2) is 4.98 Å². The number of aryl methyl sites for hydroxylation is 1. The molecule has 2 aromatic carbocycles. The largest absolute Gasteiger partial charge is 0.378 e. The highest BCUT2D eigenvalue weighted by atomic mass is 16.1. The first-order valence-electron chi connectivity index (χ1n) is 11.1. The molecule has 1 N–H and O–H groups in total. The van der Waals surface area contributed by atoms with Crippen molar-refractivity contribution in [2.75, 3.05) is 55.4 Å². The van der Waals surface area contributed by atoms with Gasteiger partial charge in [-0.15, -0.1) is 0 Å². The van der Waals surface area contributed by atoms with Crippen LogP contribution in [0.25, 0.3) is 0 Å². The zero-order chi connectivity index (χ0) is 22.5. The number of aromatic nitrogens is 1. The van der Waals surface area contributed by atoms with E-state index in [1.165, 1.54) is 11.3 Å². The second-order valence-corrected chi connectivity index (χ2v) is 8.55. The maximum Gasteiger partial charge on any atom is 0.255 e. The van der Waals surface area contributed by atoms with Crippen molar-refractivity contribution in [3.8, 4) is 0 Å². The number of benzene rings is 2. The molecule has 1 saturated heterocycles. The van der Waals surface area contributed by atoms with E-state index < -0.39 is 0 Å². The van der Waals surface area contributed by atoms with E-state index in [1.54, 1.807) is 6.20 Å². The van der Waals surface area contributed by atoms with Crippen molar-refractivity contribution >= 4 is 23.1 Å². The number of rotatable bonds is 6. The summed E-state index contributed by atoms with van der Waals surface area (Å²) in [5.74, 6) is 0.837. The van der Waals surface area contributed by atoms with Crippen molar-refractivity contribution in [3.63, 3.8) is 0 Å². The van der Waals surface area contributed by atoms with Crippen molar-refractivity contribution in [2.45, 2.75) is 13.5 Å². The molecule has 1 amide bonds. The summed E-state index contributed by atoms with van der Waals surface area (Å²) in [6.07, 6.45) is 1.74. The lowest BCUT2D eigenvalue weighted by molar-refractivity contribution is 0.102. The van der Waals surface area contributed by atoms with Crippen LogP contribution in [0, 0.1) is 6.92 Å². The van der Waals surface area contributed by atoms with Gasteiger partial charge in [0.25, 0.3) is 5.91 Å². The van der Waals surface area contributed by atoms with Crippen LogP contribution in [0.4, 0.5) is 17.2 Å². The average Bonchev–Trinajstić information content (AvgIpc) is 2.80. The number of piperazine rings is 1. The maximum atomic E-state index is 12.4. The summed E-state index contributed by atoms with van der Waals surface area (Å²) in [5.41, 5.74) is 5.00. The Labute approximate surface area is 190 Å². The molecule has 32 heavy (non-hydrogen) atoms. The van der Waals surface area contributed by atoms with E-state index >= 15 is 0 Å². The van der Waals surface area contributed by atoms with Crippen LogP contribution >= 0.6 is 0 Å². The fourth-order valence-corrected chi connectivity index (χ4v) is 3.93. The molecule has 1 fully saturated rings. The summed E-state index contributed by atoms with van der Waals surface area (Å²) in [6.45, 7) is 6.84. The molecule has 166 valence electrons. The number of anilines is 3. The van der Waals surface area contributed by atoms with Gasteiger partial charge in [-0.2, -0.15) is 0 Å². The quantitative estimate of drug-likeness (QED) is 0.641. The molecule has 0 unspecified atom stereocenters.